The van der Waals surface area contributed by atoms with Crippen LogP contribution in [0, 0.1) is 0 Å². The molecule has 0 spiro atoms. The normalized spacial score (nSPS) is 11.3. The maximum atomic E-state index is 12.4. The van der Waals surface area contributed by atoms with Crippen LogP contribution in [0.15, 0.2) is 84.9 Å². The third kappa shape index (κ3) is 5.79. The lowest BCUT2D eigenvalue weighted by Gasteiger charge is -2.21. The van der Waals surface area contributed by atoms with Gasteiger partial charge in [0.2, 0.25) is 0 Å². The Bertz CT molecular complexity index is 1030. The van der Waals surface area contributed by atoms with Gasteiger partial charge < -0.3 is 15.0 Å². The second-order valence-electron chi connectivity index (χ2n) is 6.99. The molecule has 0 bridgehead atoms. The van der Waals surface area contributed by atoms with E-state index in [1.54, 1.807) is 31.3 Å². The molecule has 31 heavy (non-hydrogen) atoms. The van der Waals surface area contributed by atoms with Gasteiger partial charge in [0.1, 0.15) is 6.54 Å². The minimum absolute atomic E-state index is 0.327. The Balaban J connectivity index is 1.49. The van der Waals surface area contributed by atoms with Gasteiger partial charge >= 0.3 is 5.97 Å². The van der Waals surface area contributed by atoms with Gasteiger partial charge in [0, 0.05) is 18.3 Å². The third-order valence-corrected chi connectivity index (χ3v) is 4.78. The summed E-state index contributed by atoms with van der Waals surface area (Å²) >= 11 is 0. The molecule has 0 saturated heterocycles. The summed E-state index contributed by atoms with van der Waals surface area (Å²) in [6.07, 6.45) is -0.972. The summed E-state index contributed by atoms with van der Waals surface area (Å²) in [5, 5.41) is 2.52. The average Bonchev–Trinajstić information content (AvgIpc) is 2.82. The van der Waals surface area contributed by atoms with Crippen molar-refractivity contribution in [1.82, 2.24) is 5.32 Å². The molecule has 3 aromatic rings. The van der Waals surface area contributed by atoms with Crippen LogP contribution in [-0.2, 0) is 14.3 Å². The first-order valence-electron chi connectivity index (χ1n) is 9.91. The van der Waals surface area contributed by atoms with Crippen LogP contribution in [0.3, 0.4) is 0 Å². The monoisotopic (exact) mass is 416 g/mol. The van der Waals surface area contributed by atoms with Gasteiger partial charge in [0.05, 0.1) is 0 Å². The van der Waals surface area contributed by atoms with Crippen LogP contribution < -0.4 is 10.2 Å². The second-order valence-corrected chi connectivity index (χ2v) is 6.99. The Morgan fingerprint density at radius 3 is 2.00 bits per heavy atom. The molecular weight excluding hydrogens is 392 g/mol. The Kier molecular flexibility index (Phi) is 7.17. The van der Waals surface area contributed by atoms with Crippen LogP contribution in [0.25, 0.3) is 11.1 Å². The molecule has 6 heteroatoms. The number of amides is 2. The number of rotatable bonds is 7. The number of nitrogens with zero attached hydrogens (tertiary/aromatic N) is 1. The van der Waals surface area contributed by atoms with Crippen molar-refractivity contribution in [2.75, 3.05) is 18.5 Å². The fourth-order valence-corrected chi connectivity index (χ4v) is 3.04. The molecule has 0 aliphatic heterocycles. The zero-order valence-electron chi connectivity index (χ0n) is 17.4. The fraction of sp³-hybridized carbons (Fsp3) is 0.160. The minimum atomic E-state index is -0.972. The van der Waals surface area contributed by atoms with Gasteiger partial charge in [-0.15, -0.1) is 0 Å². The molecular formula is C25H24N2O4. The molecule has 6 nitrogen and oxygen atoms in total. The highest BCUT2D eigenvalue weighted by Gasteiger charge is 2.22. The topological polar surface area (TPSA) is 75.7 Å². The number of likely N-dealkylation sites (N-methyl/N-ethyl adjacent to an activating group) is 1. The van der Waals surface area contributed by atoms with Gasteiger partial charge in [0.25, 0.3) is 11.8 Å². The second kappa shape index (κ2) is 10.2. The largest absolute Gasteiger partial charge is 0.451 e. The van der Waals surface area contributed by atoms with E-state index in [0.29, 0.717) is 11.3 Å². The van der Waals surface area contributed by atoms with E-state index < -0.39 is 18.0 Å². The Labute approximate surface area is 181 Å². The lowest BCUT2D eigenvalue weighted by atomic mass is 10.0. The number of carbonyl (C=O) groups is 3. The van der Waals surface area contributed by atoms with Gasteiger partial charge in [-0.2, -0.15) is 0 Å². The van der Waals surface area contributed by atoms with E-state index in [9.17, 15) is 14.4 Å². The minimum Gasteiger partial charge on any atom is -0.451 e. The maximum Gasteiger partial charge on any atom is 0.326 e. The van der Waals surface area contributed by atoms with Crippen molar-refractivity contribution in [2.45, 2.75) is 13.0 Å². The van der Waals surface area contributed by atoms with E-state index in [-0.39, 0.29) is 12.5 Å². The van der Waals surface area contributed by atoms with Gasteiger partial charge in [-0.3, -0.25) is 14.4 Å². The van der Waals surface area contributed by atoms with Crippen molar-refractivity contribution in [3.8, 4) is 11.1 Å². The van der Waals surface area contributed by atoms with E-state index in [1.165, 1.54) is 11.8 Å². The number of hydrogen-bond acceptors (Lipinski definition) is 4. The van der Waals surface area contributed by atoms with Gasteiger partial charge in [0.15, 0.2) is 6.10 Å². The Morgan fingerprint density at radius 1 is 0.839 bits per heavy atom. The first-order valence-corrected chi connectivity index (χ1v) is 9.91. The van der Waals surface area contributed by atoms with Crippen molar-refractivity contribution in [3.05, 3.63) is 90.5 Å². The molecule has 3 aromatic carbocycles. The molecule has 158 valence electrons. The van der Waals surface area contributed by atoms with E-state index in [1.807, 2.05) is 60.7 Å². The summed E-state index contributed by atoms with van der Waals surface area (Å²) in [7, 11) is 1.61. The molecule has 2 amide bonds. The third-order valence-electron chi connectivity index (χ3n) is 4.78. The first kappa shape index (κ1) is 21.8. The lowest BCUT2D eigenvalue weighted by molar-refractivity contribution is -0.152. The predicted octanol–water partition coefficient (Wildman–Crippen LogP) is 3.68. The molecule has 0 saturated carbocycles. The van der Waals surface area contributed by atoms with E-state index in [4.69, 9.17) is 4.74 Å². The van der Waals surface area contributed by atoms with Crippen LogP contribution in [0.1, 0.15) is 17.3 Å². The van der Waals surface area contributed by atoms with Crippen LogP contribution in [0.2, 0.25) is 0 Å². The number of ether oxygens (including phenoxy) is 1. The van der Waals surface area contributed by atoms with Crippen molar-refractivity contribution in [2.24, 2.45) is 0 Å². The van der Waals surface area contributed by atoms with Crippen LogP contribution in [-0.4, -0.2) is 37.5 Å². The molecule has 0 heterocycles. The van der Waals surface area contributed by atoms with Crippen LogP contribution in [0.5, 0.6) is 0 Å². The summed E-state index contributed by atoms with van der Waals surface area (Å²) in [5.74, 6) is -1.43. The smallest absolute Gasteiger partial charge is 0.326 e. The van der Waals surface area contributed by atoms with Gasteiger partial charge in [-0.25, -0.2) is 0 Å². The quantitative estimate of drug-likeness (QED) is 0.596. The molecule has 1 atom stereocenters. The summed E-state index contributed by atoms with van der Waals surface area (Å²) < 4.78 is 5.17. The van der Waals surface area contributed by atoms with Crippen molar-refractivity contribution >= 4 is 23.5 Å². The summed E-state index contributed by atoms with van der Waals surface area (Å²) in [6.45, 7) is 1.18. The highest BCUT2D eigenvalue weighted by atomic mass is 16.5. The number of para-hydroxylation sites is 1. The molecule has 0 fully saturated rings. The standard InChI is InChI=1S/C25H24N2O4/c1-18(25(30)27(2)22-11-7-4-8-12-22)31-23(28)17-26-24(29)21-15-13-20(14-16-21)19-9-5-3-6-10-19/h3-16,18H,17H2,1-2H3,(H,26,29). The molecule has 0 aliphatic rings. The highest BCUT2D eigenvalue weighted by Crippen LogP contribution is 2.19. The van der Waals surface area contributed by atoms with Crippen LogP contribution in [0.4, 0.5) is 5.69 Å². The number of benzene rings is 3. The molecule has 0 aliphatic carbocycles. The Hall–Kier alpha value is -3.93. The number of carbonyl (C=O) groups excluding carboxylic acids is 3. The number of nitrogens with one attached hydrogen (secondary N) is 1. The Morgan fingerprint density at radius 2 is 1.39 bits per heavy atom. The SMILES string of the molecule is CC(OC(=O)CNC(=O)c1ccc(-c2ccccc2)cc1)C(=O)N(C)c1ccccc1. The zero-order chi connectivity index (χ0) is 22.2. The van der Waals surface area contributed by atoms with Crippen LogP contribution >= 0.6 is 0 Å². The molecule has 3 rings (SSSR count). The zero-order valence-corrected chi connectivity index (χ0v) is 17.4. The van der Waals surface area contributed by atoms with E-state index >= 15 is 0 Å². The number of esters is 1. The number of hydrogen-bond donors (Lipinski definition) is 1. The van der Waals surface area contributed by atoms with E-state index in [2.05, 4.69) is 5.32 Å². The summed E-state index contributed by atoms with van der Waals surface area (Å²) in [4.78, 5) is 38.3. The first-order chi connectivity index (χ1) is 15.0. The van der Waals surface area contributed by atoms with Crippen molar-refractivity contribution in [1.29, 1.82) is 0 Å². The maximum absolute atomic E-state index is 12.4. The molecule has 1 N–H and O–H groups in total. The van der Waals surface area contributed by atoms with Gasteiger partial charge in [-0.1, -0.05) is 60.7 Å². The van der Waals surface area contributed by atoms with Crippen molar-refractivity contribution in [3.63, 3.8) is 0 Å². The predicted molar refractivity (Wildman–Crippen MR) is 120 cm³/mol. The summed E-state index contributed by atoms with van der Waals surface area (Å²) in [6, 6.07) is 26.0. The average molecular weight is 416 g/mol. The molecule has 0 radical (unpaired) electrons. The molecule has 0 aromatic heterocycles. The van der Waals surface area contributed by atoms with Crippen molar-refractivity contribution < 1.29 is 19.1 Å². The summed E-state index contributed by atoms with van der Waals surface area (Å²) in [5.41, 5.74) is 3.17. The molecule has 1 unspecified atom stereocenters. The number of anilines is 1. The van der Waals surface area contributed by atoms with E-state index in [0.717, 1.165) is 11.1 Å². The highest BCUT2D eigenvalue weighted by molar-refractivity contribution is 5.98. The lowest BCUT2D eigenvalue weighted by Crippen LogP contribution is -2.39. The van der Waals surface area contributed by atoms with Gasteiger partial charge in [-0.05, 0) is 42.3 Å². The fourth-order valence-electron chi connectivity index (χ4n) is 3.04.